The molecule has 4 rings (SSSR count). The lowest BCUT2D eigenvalue weighted by Crippen LogP contribution is -2.15. The molecular formula is C31H31NO4. The van der Waals surface area contributed by atoms with E-state index in [9.17, 15) is 9.59 Å². The highest BCUT2D eigenvalue weighted by Crippen LogP contribution is 2.31. The fourth-order valence-electron chi connectivity index (χ4n) is 4.39. The van der Waals surface area contributed by atoms with Crippen LogP contribution in [0.3, 0.4) is 0 Å². The number of aryl methyl sites for hydroxylation is 2. The van der Waals surface area contributed by atoms with Gasteiger partial charge >= 0.3 is 5.97 Å². The Morgan fingerprint density at radius 3 is 2.19 bits per heavy atom. The van der Waals surface area contributed by atoms with E-state index in [0.717, 1.165) is 29.5 Å². The van der Waals surface area contributed by atoms with Crippen molar-refractivity contribution < 1.29 is 14.3 Å². The highest BCUT2D eigenvalue weighted by Gasteiger charge is 2.18. The number of carbonyl (C=O) groups excluding carboxylic acids is 1. The molecule has 0 aliphatic rings. The number of esters is 1. The summed E-state index contributed by atoms with van der Waals surface area (Å²) < 4.78 is 10.4. The Bertz CT molecular complexity index is 1280. The van der Waals surface area contributed by atoms with Crippen molar-refractivity contribution in [2.45, 2.75) is 32.1 Å². The first-order chi connectivity index (χ1) is 17.6. The number of aromatic amines is 1. The Hall–Kier alpha value is -4.12. The van der Waals surface area contributed by atoms with Gasteiger partial charge in [-0.15, -0.1) is 0 Å². The predicted molar refractivity (Wildman–Crippen MR) is 141 cm³/mol. The third-order valence-electron chi connectivity index (χ3n) is 6.07. The number of pyridine rings is 1. The molecule has 0 saturated carbocycles. The summed E-state index contributed by atoms with van der Waals surface area (Å²) >= 11 is 0. The zero-order valence-corrected chi connectivity index (χ0v) is 20.5. The predicted octanol–water partition coefficient (Wildman–Crippen LogP) is 5.67. The highest BCUT2D eigenvalue weighted by atomic mass is 16.6. The summed E-state index contributed by atoms with van der Waals surface area (Å²) in [5.41, 5.74) is 5.25. The average molecular weight is 482 g/mol. The lowest BCUT2D eigenvalue weighted by atomic mass is 9.85. The topological polar surface area (TPSA) is 68.4 Å². The van der Waals surface area contributed by atoms with Crippen molar-refractivity contribution in [3.05, 3.63) is 135 Å². The Morgan fingerprint density at radius 2 is 1.53 bits per heavy atom. The van der Waals surface area contributed by atoms with Gasteiger partial charge in [-0.1, -0.05) is 72.8 Å². The van der Waals surface area contributed by atoms with E-state index in [0.29, 0.717) is 18.8 Å². The molecule has 0 saturated heterocycles. The van der Waals surface area contributed by atoms with Gasteiger partial charge in [0.05, 0.1) is 6.61 Å². The number of carbonyl (C=O) groups is 1. The maximum atomic E-state index is 12.6. The molecule has 1 N–H and O–H groups in total. The van der Waals surface area contributed by atoms with Crippen LogP contribution in [0.5, 0.6) is 5.75 Å². The van der Waals surface area contributed by atoms with Crippen LogP contribution in [0, 0.1) is 0 Å². The van der Waals surface area contributed by atoms with Crippen LogP contribution in [0.2, 0.25) is 0 Å². The van der Waals surface area contributed by atoms with Gasteiger partial charge in [-0.3, -0.25) is 4.79 Å². The first-order valence-electron chi connectivity index (χ1n) is 12.3. The summed E-state index contributed by atoms with van der Waals surface area (Å²) in [6.07, 6.45) is 4.10. The van der Waals surface area contributed by atoms with Gasteiger partial charge in [-0.2, -0.15) is 0 Å². The zero-order chi connectivity index (χ0) is 25.2. The molecule has 3 aromatic carbocycles. The summed E-state index contributed by atoms with van der Waals surface area (Å²) in [6.45, 7) is 1.99. The Labute approximate surface area is 211 Å². The molecule has 0 aliphatic carbocycles. The number of nitrogens with one attached hydrogen (secondary N) is 1. The molecule has 0 amide bonds. The second-order valence-corrected chi connectivity index (χ2v) is 8.64. The van der Waals surface area contributed by atoms with E-state index in [1.54, 1.807) is 6.92 Å². The minimum Gasteiger partial charge on any atom is -0.482 e. The SMILES string of the molecule is CCOC(=O)COc1cccc(CCCc2cc(C(c3ccccc3)c3ccccc3)c[nH]c2=O)c1. The number of hydrogen-bond acceptors (Lipinski definition) is 4. The van der Waals surface area contributed by atoms with E-state index in [-0.39, 0.29) is 24.1 Å². The van der Waals surface area contributed by atoms with Crippen molar-refractivity contribution >= 4 is 5.97 Å². The molecule has 0 atom stereocenters. The molecule has 1 heterocycles. The first kappa shape index (κ1) is 25.0. The highest BCUT2D eigenvalue weighted by molar-refractivity contribution is 5.71. The van der Waals surface area contributed by atoms with Crippen LogP contribution in [0.4, 0.5) is 0 Å². The third-order valence-corrected chi connectivity index (χ3v) is 6.07. The molecule has 0 bridgehead atoms. The lowest BCUT2D eigenvalue weighted by molar-refractivity contribution is -0.145. The van der Waals surface area contributed by atoms with E-state index < -0.39 is 0 Å². The van der Waals surface area contributed by atoms with Crippen molar-refractivity contribution in [3.63, 3.8) is 0 Å². The summed E-state index contributed by atoms with van der Waals surface area (Å²) in [4.78, 5) is 27.1. The molecule has 5 heteroatoms. The minimum atomic E-state index is -0.383. The van der Waals surface area contributed by atoms with Crippen LogP contribution in [0.15, 0.2) is 102 Å². The monoisotopic (exact) mass is 481 g/mol. The second kappa shape index (κ2) is 12.5. The number of hydrogen-bond donors (Lipinski definition) is 1. The van der Waals surface area contributed by atoms with Crippen molar-refractivity contribution in [2.24, 2.45) is 0 Å². The average Bonchev–Trinajstić information content (AvgIpc) is 2.91. The fourth-order valence-corrected chi connectivity index (χ4v) is 4.39. The first-order valence-corrected chi connectivity index (χ1v) is 12.3. The molecular weight excluding hydrogens is 450 g/mol. The molecule has 0 aliphatic heterocycles. The van der Waals surface area contributed by atoms with Gasteiger partial charge in [0.2, 0.25) is 0 Å². The van der Waals surface area contributed by atoms with Crippen molar-refractivity contribution in [3.8, 4) is 5.75 Å². The quantitative estimate of drug-likeness (QED) is 0.280. The minimum absolute atomic E-state index is 0.0382. The van der Waals surface area contributed by atoms with Crippen LogP contribution in [0.25, 0.3) is 0 Å². The van der Waals surface area contributed by atoms with Crippen molar-refractivity contribution in [1.82, 2.24) is 4.98 Å². The standard InChI is InChI=1S/C31H31NO4/c1-2-35-29(33)22-36-28-18-10-12-23(19-28)11-9-17-26-20-27(21-32-31(26)34)30(24-13-5-3-6-14-24)25-15-7-4-8-16-25/h3-8,10,12-16,18-21,30H,2,9,11,17,22H2,1H3,(H,32,34). The number of H-pyrrole nitrogens is 1. The lowest BCUT2D eigenvalue weighted by Gasteiger charge is -2.19. The van der Waals surface area contributed by atoms with Gasteiger partial charge in [0.15, 0.2) is 6.61 Å². The number of aromatic nitrogens is 1. The number of benzene rings is 3. The van der Waals surface area contributed by atoms with Crippen molar-refractivity contribution in [1.29, 1.82) is 0 Å². The van der Waals surface area contributed by atoms with Gasteiger partial charge in [-0.05, 0) is 66.6 Å². The molecule has 0 fully saturated rings. The molecule has 0 radical (unpaired) electrons. The molecule has 1 aromatic heterocycles. The number of rotatable bonds is 11. The fraction of sp³-hybridized carbons (Fsp3) is 0.226. The maximum absolute atomic E-state index is 12.6. The van der Waals surface area contributed by atoms with E-state index in [4.69, 9.17) is 9.47 Å². The molecule has 0 unspecified atom stereocenters. The molecule has 184 valence electrons. The Morgan fingerprint density at radius 1 is 0.833 bits per heavy atom. The maximum Gasteiger partial charge on any atom is 0.344 e. The normalized spacial score (nSPS) is 10.8. The van der Waals surface area contributed by atoms with E-state index >= 15 is 0 Å². The van der Waals surface area contributed by atoms with Gasteiger partial charge in [0.25, 0.3) is 5.56 Å². The number of ether oxygens (including phenoxy) is 2. The summed E-state index contributed by atoms with van der Waals surface area (Å²) in [5, 5.41) is 0. The van der Waals surface area contributed by atoms with E-state index in [1.807, 2.05) is 72.9 Å². The molecule has 5 nitrogen and oxygen atoms in total. The van der Waals surface area contributed by atoms with Crippen molar-refractivity contribution in [2.75, 3.05) is 13.2 Å². The molecule has 36 heavy (non-hydrogen) atoms. The smallest absolute Gasteiger partial charge is 0.344 e. The Kier molecular flexibility index (Phi) is 8.71. The van der Waals surface area contributed by atoms with Crippen LogP contribution in [-0.4, -0.2) is 24.2 Å². The summed E-state index contributed by atoms with van der Waals surface area (Å²) in [5.74, 6) is 0.288. The summed E-state index contributed by atoms with van der Waals surface area (Å²) in [7, 11) is 0. The largest absolute Gasteiger partial charge is 0.482 e. The zero-order valence-electron chi connectivity index (χ0n) is 20.5. The molecule has 0 spiro atoms. The van der Waals surface area contributed by atoms with E-state index in [1.165, 1.54) is 11.1 Å². The third kappa shape index (κ3) is 6.72. The summed E-state index contributed by atoms with van der Waals surface area (Å²) in [6, 6.07) is 30.4. The Balaban J connectivity index is 1.46. The second-order valence-electron chi connectivity index (χ2n) is 8.64. The van der Waals surface area contributed by atoms with Crippen LogP contribution in [-0.2, 0) is 22.4 Å². The van der Waals surface area contributed by atoms with Crippen LogP contribution < -0.4 is 10.3 Å². The van der Waals surface area contributed by atoms with Gasteiger partial charge < -0.3 is 14.5 Å². The van der Waals surface area contributed by atoms with Crippen LogP contribution in [0.1, 0.15) is 47.1 Å². The van der Waals surface area contributed by atoms with Crippen LogP contribution >= 0.6 is 0 Å². The van der Waals surface area contributed by atoms with E-state index in [2.05, 4.69) is 29.2 Å². The van der Waals surface area contributed by atoms with Gasteiger partial charge in [0, 0.05) is 17.7 Å². The molecule has 4 aromatic rings. The van der Waals surface area contributed by atoms with Gasteiger partial charge in [-0.25, -0.2) is 4.79 Å². The van der Waals surface area contributed by atoms with Gasteiger partial charge in [0.1, 0.15) is 5.75 Å².